The average Bonchev–Trinajstić information content (AvgIpc) is 2.78. The van der Waals surface area contributed by atoms with E-state index in [-0.39, 0.29) is 0 Å². The summed E-state index contributed by atoms with van der Waals surface area (Å²) in [6.45, 7) is 0. The van der Waals surface area contributed by atoms with Crippen LogP contribution in [0, 0.1) is 5.82 Å². The van der Waals surface area contributed by atoms with Crippen LogP contribution in [-0.4, -0.2) is 20.6 Å². The van der Waals surface area contributed by atoms with Crippen molar-refractivity contribution in [1.29, 1.82) is 0 Å². The smallest absolute Gasteiger partial charge is 0.338 e. The van der Waals surface area contributed by atoms with Gasteiger partial charge in [0.05, 0.1) is 32.3 Å². The minimum atomic E-state index is -1.35. The molecule has 0 aliphatic rings. The Hall–Kier alpha value is -2.31. The first kappa shape index (κ1) is 15.6. The standard InChI is InChI=1S/C15H10Cl2FN3O2/c1-21-12-6-10(18)7(14(22)23)5-11(12)19-15(21)20-13-8(16)3-2-4-9(13)17/h2-6H,1H3,(H,19,20)(H,22,23). The van der Waals surface area contributed by atoms with E-state index in [0.29, 0.717) is 32.7 Å². The number of carbonyl (C=O) groups is 1. The van der Waals surface area contributed by atoms with E-state index in [1.165, 1.54) is 6.07 Å². The van der Waals surface area contributed by atoms with E-state index in [1.54, 1.807) is 29.8 Å². The highest BCUT2D eigenvalue weighted by atomic mass is 35.5. The summed E-state index contributed by atoms with van der Waals surface area (Å²) in [4.78, 5) is 15.3. The molecule has 1 heterocycles. The first-order valence-electron chi connectivity index (χ1n) is 6.49. The molecule has 2 N–H and O–H groups in total. The molecule has 0 fully saturated rings. The van der Waals surface area contributed by atoms with Crippen LogP contribution < -0.4 is 5.32 Å². The molecule has 1 aromatic heterocycles. The lowest BCUT2D eigenvalue weighted by atomic mass is 10.2. The fourth-order valence-electron chi connectivity index (χ4n) is 2.22. The molecule has 0 saturated carbocycles. The molecule has 0 aliphatic carbocycles. The quantitative estimate of drug-likeness (QED) is 0.729. The molecule has 3 rings (SSSR count). The van der Waals surface area contributed by atoms with Gasteiger partial charge in [-0.3, -0.25) is 0 Å². The fraction of sp³-hybridized carbons (Fsp3) is 0.0667. The van der Waals surface area contributed by atoms with Crippen LogP contribution >= 0.6 is 23.2 Å². The van der Waals surface area contributed by atoms with Crippen LogP contribution in [0.25, 0.3) is 11.0 Å². The van der Waals surface area contributed by atoms with Gasteiger partial charge in [-0.05, 0) is 18.2 Å². The Kier molecular flexibility index (Phi) is 3.87. The molecule has 0 radical (unpaired) electrons. The third-order valence-electron chi connectivity index (χ3n) is 3.40. The predicted molar refractivity (Wildman–Crippen MR) is 87.4 cm³/mol. The van der Waals surface area contributed by atoms with Crippen molar-refractivity contribution in [2.45, 2.75) is 0 Å². The van der Waals surface area contributed by atoms with Crippen molar-refractivity contribution < 1.29 is 14.3 Å². The van der Waals surface area contributed by atoms with Gasteiger partial charge in [0.15, 0.2) is 0 Å². The number of rotatable bonds is 3. The number of aromatic carboxylic acids is 1. The number of carboxylic acids is 1. The van der Waals surface area contributed by atoms with E-state index in [9.17, 15) is 9.18 Å². The molecule has 0 spiro atoms. The van der Waals surface area contributed by atoms with E-state index >= 15 is 0 Å². The highest BCUT2D eigenvalue weighted by molar-refractivity contribution is 6.39. The summed E-state index contributed by atoms with van der Waals surface area (Å²) in [5.74, 6) is -1.81. The summed E-state index contributed by atoms with van der Waals surface area (Å²) < 4.78 is 15.4. The van der Waals surface area contributed by atoms with Gasteiger partial charge in [0, 0.05) is 13.1 Å². The number of para-hydroxylation sites is 1. The number of hydrogen-bond donors (Lipinski definition) is 2. The average molecular weight is 354 g/mol. The van der Waals surface area contributed by atoms with E-state index in [2.05, 4.69) is 10.3 Å². The maximum absolute atomic E-state index is 13.8. The van der Waals surface area contributed by atoms with Crippen molar-refractivity contribution in [3.63, 3.8) is 0 Å². The molecule has 5 nitrogen and oxygen atoms in total. The van der Waals surface area contributed by atoms with Gasteiger partial charge in [-0.1, -0.05) is 29.3 Å². The van der Waals surface area contributed by atoms with Crippen LogP contribution in [0.3, 0.4) is 0 Å². The summed E-state index contributed by atoms with van der Waals surface area (Å²) in [7, 11) is 1.67. The summed E-state index contributed by atoms with van der Waals surface area (Å²) in [5, 5.41) is 12.8. The molecule has 118 valence electrons. The molecule has 0 atom stereocenters. The number of imidazole rings is 1. The Morgan fingerprint density at radius 1 is 1.30 bits per heavy atom. The second-order valence-corrected chi connectivity index (χ2v) is 5.66. The lowest BCUT2D eigenvalue weighted by molar-refractivity contribution is 0.0692. The zero-order valence-electron chi connectivity index (χ0n) is 11.8. The van der Waals surface area contributed by atoms with Crippen LogP contribution in [0.2, 0.25) is 10.0 Å². The topological polar surface area (TPSA) is 67.2 Å². The second kappa shape index (κ2) is 5.72. The maximum Gasteiger partial charge on any atom is 0.338 e. The Bertz CT molecular complexity index is 920. The predicted octanol–water partition coefficient (Wildman–Crippen LogP) is 4.46. The lowest BCUT2D eigenvalue weighted by Gasteiger charge is -2.09. The van der Waals surface area contributed by atoms with Crippen LogP contribution in [0.15, 0.2) is 30.3 Å². The third-order valence-corrected chi connectivity index (χ3v) is 4.03. The zero-order chi connectivity index (χ0) is 16.7. The molecule has 0 unspecified atom stereocenters. The van der Waals surface area contributed by atoms with Crippen molar-refractivity contribution in [2.24, 2.45) is 7.05 Å². The largest absolute Gasteiger partial charge is 0.478 e. The molecule has 0 aliphatic heterocycles. The number of carboxylic acid groups (broad SMARTS) is 1. The van der Waals surface area contributed by atoms with Crippen molar-refractivity contribution in [3.8, 4) is 0 Å². The van der Waals surface area contributed by atoms with Crippen molar-refractivity contribution >= 4 is 51.8 Å². The van der Waals surface area contributed by atoms with Crippen LogP contribution in [0.4, 0.5) is 16.0 Å². The maximum atomic E-state index is 13.8. The summed E-state index contributed by atoms with van der Waals surface area (Å²) in [6.07, 6.45) is 0. The highest BCUT2D eigenvalue weighted by Gasteiger charge is 2.17. The lowest BCUT2D eigenvalue weighted by Crippen LogP contribution is -2.01. The Morgan fingerprint density at radius 3 is 2.57 bits per heavy atom. The normalized spacial score (nSPS) is 11.0. The number of hydrogen-bond acceptors (Lipinski definition) is 3. The summed E-state index contributed by atoms with van der Waals surface area (Å²) >= 11 is 12.2. The van der Waals surface area contributed by atoms with Gasteiger partial charge in [-0.2, -0.15) is 0 Å². The number of nitrogens with zero attached hydrogens (tertiary/aromatic N) is 2. The molecule has 23 heavy (non-hydrogen) atoms. The molecular formula is C15H10Cl2FN3O2. The van der Waals surface area contributed by atoms with Crippen LogP contribution in [0.5, 0.6) is 0 Å². The second-order valence-electron chi connectivity index (χ2n) is 4.84. The molecule has 2 aromatic carbocycles. The van der Waals surface area contributed by atoms with Crippen LogP contribution in [0.1, 0.15) is 10.4 Å². The first-order chi connectivity index (χ1) is 10.9. The highest BCUT2D eigenvalue weighted by Crippen LogP contribution is 2.33. The minimum absolute atomic E-state index is 0.344. The van der Waals surface area contributed by atoms with Gasteiger partial charge in [-0.15, -0.1) is 0 Å². The number of nitrogens with one attached hydrogen (secondary N) is 1. The third kappa shape index (κ3) is 2.71. The van der Waals surface area contributed by atoms with Gasteiger partial charge < -0.3 is 15.0 Å². The molecule has 3 aromatic rings. The van der Waals surface area contributed by atoms with E-state index in [1.807, 2.05) is 0 Å². The van der Waals surface area contributed by atoms with Gasteiger partial charge in [-0.25, -0.2) is 14.2 Å². The van der Waals surface area contributed by atoms with E-state index in [4.69, 9.17) is 28.3 Å². The van der Waals surface area contributed by atoms with Crippen molar-refractivity contribution in [2.75, 3.05) is 5.32 Å². The SMILES string of the molecule is Cn1c(Nc2c(Cl)cccc2Cl)nc2cc(C(=O)O)c(F)cc21. The minimum Gasteiger partial charge on any atom is -0.478 e. The van der Waals surface area contributed by atoms with Gasteiger partial charge in [0.25, 0.3) is 0 Å². The fourth-order valence-corrected chi connectivity index (χ4v) is 2.71. The first-order valence-corrected chi connectivity index (χ1v) is 7.24. The number of benzene rings is 2. The number of halogens is 3. The molecule has 0 bridgehead atoms. The van der Waals surface area contributed by atoms with Crippen molar-refractivity contribution in [1.82, 2.24) is 9.55 Å². The molecular weight excluding hydrogens is 344 g/mol. The number of aromatic nitrogens is 2. The molecule has 0 amide bonds. The monoisotopic (exact) mass is 353 g/mol. The summed E-state index contributed by atoms with van der Waals surface area (Å²) in [5.41, 5.74) is 0.821. The Morgan fingerprint density at radius 2 is 1.96 bits per heavy atom. The van der Waals surface area contributed by atoms with E-state index in [0.717, 1.165) is 6.07 Å². The van der Waals surface area contributed by atoms with Crippen LogP contribution in [-0.2, 0) is 7.05 Å². The molecule has 0 saturated heterocycles. The van der Waals surface area contributed by atoms with Gasteiger partial charge in [0.1, 0.15) is 5.82 Å². The van der Waals surface area contributed by atoms with Crippen molar-refractivity contribution in [3.05, 3.63) is 51.8 Å². The van der Waals surface area contributed by atoms with Gasteiger partial charge in [0.2, 0.25) is 5.95 Å². The number of aryl methyl sites for hydroxylation is 1. The number of fused-ring (bicyclic) bond motifs is 1. The summed E-state index contributed by atoms with van der Waals surface area (Å²) in [6, 6.07) is 7.36. The van der Waals surface area contributed by atoms with E-state index < -0.39 is 17.3 Å². The number of anilines is 2. The Balaban J connectivity index is 2.12. The molecule has 8 heteroatoms. The Labute approximate surface area is 140 Å². The zero-order valence-corrected chi connectivity index (χ0v) is 13.3. The van der Waals surface area contributed by atoms with Gasteiger partial charge >= 0.3 is 5.97 Å².